The van der Waals surface area contributed by atoms with Gasteiger partial charge >= 0.3 is 0 Å². The lowest BCUT2D eigenvalue weighted by Gasteiger charge is -2.19. The van der Waals surface area contributed by atoms with Crippen molar-refractivity contribution in [2.24, 2.45) is 0 Å². The monoisotopic (exact) mass is 564 g/mol. The Hall–Kier alpha value is -5.60. The number of benzene rings is 5. The third kappa shape index (κ3) is 5.58. The molecule has 0 fully saturated rings. The van der Waals surface area contributed by atoms with Gasteiger partial charge in [-0.25, -0.2) is 0 Å². The van der Waals surface area contributed by atoms with E-state index in [0.29, 0.717) is 0 Å². The molecular formula is C42H32N2. The minimum atomic E-state index is 1.11. The molecule has 5 aromatic carbocycles. The molecule has 2 aromatic heterocycles. The van der Waals surface area contributed by atoms with E-state index < -0.39 is 0 Å². The number of hydrogen-bond donors (Lipinski definition) is 0. The minimum Gasteiger partial charge on any atom is -0.264 e. The van der Waals surface area contributed by atoms with Crippen LogP contribution in [0.4, 0.5) is 0 Å². The summed E-state index contributed by atoms with van der Waals surface area (Å²) >= 11 is 0. The molecule has 0 saturated heterocycles. The summed E-state index contributed by atoms with van der Waals surface area (Å²) in [6.07, 6.45) is 18.6. The average Bonchev–Trinajstić information content (AvgIpc) is 3.12. The first kappa shape index (κ1) is 27.2. The first-order chi connectivity index (χ1) is 21.9. The number of fused-ring (bicyclic) bond motifs is 2. The Morgan fingerprint density at radius 1 is 0.364 bits per heavy atom. The molecule has 2 heteroatoms. The molecule has 7 aromatic rings. The fourth-order valence-electron chi connectivity index (χ4n) is 6.03. The molecule has 0 amide bonds. The minimum absolute atomic E-state index is 1.11. The first-order valence-electron chi connectivity index (χ1n) is 15.1. The van der Waals surface area contributed by atoms with Gasteiger partial charge in [0.2, 0.25) is 0 Å². The van der Waals surface area contributed by atoms with E-state index in [9.17, 15) is 0 Å². The Morgan fingerprint density at radius 2 is 0.795 bits per heavy atom. The van der Waals surface area contributed by atoms with Crippen LogP contribution in [0.25, 0.3) is 66.1 Å². The van der Waals surface area contributed by atoms with Gasteiger partial charge in [-0.1, -0.05) is 121 Å². The molecule has 44 heavy (non-hydrogen) atoms. The van der Waals surface area contributed by atoms with Crippen molar-refractivity contribution in [3.8, 4) is 44.5 Å². The van der Waals surface area contributed by atoms with Crippen LogP contribution in [-0.4, -0.2) is 9.97 Å². The van der Waals surface area contributed by atoms with Gasteiger partial charge < -0.3 is 0 Å². The van der Waals surface area contributed by atoms with E-state index in [1.54, 1.807) is 0 Å². The van der Waals surface area contributed by atoms with Gasteiger partial charge in [0, 0.05) is 35.9 Å². The smallest absolute Gasteiger partial charge is 0.0346 e. The van der Waals surface area contributed by atoms with Crippen molar-refractivity contribution in [2.75, 3.05) is 0 Å². The molecule has 0 N–H and O–H groups in total. The van der Waals surface area contributed by atoms with Crippen molar-refractivity contribution in [3.05, 3.63) is 170 Å². The van der Waals surface area contributed by atoms with Crippen molar-refractivity contribution in [1.82, 2.24) is 9.97 Å². The van der Waals surface area contributed by atoms with Crippen molar-refractivity contribution >= 4 is 21.5 Å². The Morgan fingerprint density at radius 3 is 1.16 bits per heavy atom. The second-order valence-corrected chi connectivity index (χ2v) is 10.9. The van der Waals surface area contributed by atoms with Crippen LogP contribution in [0.3, 0.4) is 0 Å². The summed E-state index contributed by atoms with van der Waals surface area (Å²) < 4.78 is 0. The van der Waals surface area contributed by atoms with Crippen molar-refractivity contribution in [3.63, 3.8) is 0 Å². The van der Waals surface area contributed by atoms with Crippen LogP contribution in [0.5, 0.6) is 0 Å². The fraction of sp³-hybridized carbons (Fsp3) is 0.0476. The van der Waals surface area contributed by atoms with Crippen LogP contribution in [0.1, 0.15) is 12.8 Å². The normalized spacial score (nSPS) is 12.2. The van der Waals surface area contributed by atoms with Gasteiger partial charge in [-0.2, -0.15) is 0 Å². The molecule has 1 aliphatic carbocycles. The van der Waals surface area contributed by atoms with E-state index in [-0.39, 0.29) is 0 Å². The van der Waals surface area contributed by atoms with E-state index >= 15 is 0 Å². The van der Waals surface area contributed by atoms with Gasteiger partial charge in [-0.3, -0.25) is 9.97 Å². The summed E-state index contributed by atoms with van der Waals surface area (Å²) in [7, 11) is 0. The number of allylic oxidation sites excluding steroid dienone is 4. The molecule has 0 bridgehead atoms. The highest BCUT2D eigenvalue weighted by Crippen LogP contribution is 2.45. The van der Waals surface area contributed by atoms with Crippen LogP contribution in [0.15, 0.2) is 170 Å². The molecule has 2 heterocycles. The van der Waals surface area contributed by atoms with Crippen LogP contribution < -0.4 is 0 Å². The first-order valence-corrected chi connectivity index (χ1v) is 15.1. The maximum Gasteiger partial charge on any atom is 0.0346 e. The van der Waals surface area contributed by atoms with Crippen LogP contribution in [0.2, 0.25) is 0 Å². The molecule has 0 aliphatic heterocycles. The average molecular weight is 565 g/mol. The predicted molar refractivity (Wildman–Crippen MR) is 186 cm³/mol. The zero-order chi connectivity index (χ0) is 29.6. The Bertz CT molecular complexity index is 1930. The van der Waals surface area contributed by atoms with Crippen LogP contribution in [-0.2, 0) is 0 Å². The SMILES string of the molecule is C1=CCCC=C1.c1ccc(-c2ccc3c(-c4cccnc4)c4cc(-c5ccccc5)ccc4c(-c4cccnc4)c3c2)cc1. The van der Waals surface area contributed by atoms with Crippen molar-refractivity contribution in [2.45, 2.75) is 12.8 Å². The zero-order valence-corrected chi connectivity index (χ0v) is 24.5. The predicted octanol–water partition coefficient (Wildman–Crippen LogP) is 11.3. The topological polar surface area (TPSA) is 25.8 Å². The lowest BCUT2D eigenvalue weighted by Crippen LogP contribution is -1.93. The van der Waals surface area contributed by atoms with Crippen LogP contribution in [0, 0.1) is 0 Å². The third-order valence-corrected chi connectivity index (χ3v) is 8.11. The van der Waals surface area contributed by atoms with E-state index in [2.05, 4.69) is 143 Å². The Kier molecular flexibility index (Phi) is 7.88. The summed E-state index contributed by atoms with van der Waals surface area (Å²) in [6.45, 7) is 0. The zero-order valence-electron chi connectivity index (χ0n) is 24.5. The summed E-state index contributed by atoms with van der Waals surface area (Å²) in [5.74, 6) is 0. The standard InChI is InChI=1S/C36H24N2.C6H8/c1-3-9-25(10-4-1)27-15-17-31-33(21-27)35(29-13-7-19-37-23-29)32-18-16-28(26-11-5-2-6-12-26)22-34(32)36(31)30-14-8-20-38-24-30;1-2-4-6-5-3-1/h1-24H;1-4H,5-6H2. The van der Waals surface area contributed by atoms with Gasteiger partial charge in [-0.05, 0) is 92.0 Å². The molecular weight excluding hydrogens is 532 g/mol. The highest BCUT2D eigenvalue weighted by molar-refractivity contribution is 6.22. The summed E-state index contributed by atoms with van der Waals surface area (Å²) in [5.41, 5.74) is 9.42. The number of aromatic nitrogens is 2. The van der Waals surface area contributed by atoms with Gasteiger partial charge in [0.15, 0.2) is 0 Å². The van der Waals surface area contributed by atoms with Gasteiger partial charge in [-0.15, -0.1) is 0 Å². The van der Waals surface area contributed by atoms with Crippen molar-refractivity contribution in [1.29, 1.82) is 0 Å². The molecule has 2 nitrogen and oxygen atoms in total. The Labute approximate surface area is 258 Å². The number of nitrogens with zero attached hydrogens (tertiary/aromatic N) is 2. The van der Waals surface area contributed by atoms with E-state index in [1.165, 1.54) is 67.8 Å². The second-order valence-electron chi connectivity index (χ2n) is 10.9. The molecule has 8 rings (SSSR count). The molecule has 1 aliphatic rings. The maximum atomic E-state index is 4.49. The summed E-state index contributed by atoms with van der Waals surface area (Å²) in [6, 6.07) is 43.2. The van der Waals surface area contributed by atoms with Gasteiger partial charge in [0.05, 0.1) is 0 Å². The second kappa shape index (κ2) is 12.7. The van der Waals surface area contributed by atoms with Crippen molar-refractivity contribution < 1.29 is 0 Å². The molecule has 210 valence electrons. The molecule has 0 atom stereocenters. The number of hydrogen-bond acceptors (Lipinski definition) is 2. The molecule has 0 radical (unpaired) electrons. The quantitative estimate of drug-likeness (QED) is 0.199. The number of pyridine rings is 2. The molecule has 0 saturated carbocycles. The van der Waals surface area contributed by atoms with Gasteiger partial charge in [0.1, 0.15) is 0 Å². The largest absolute Gasteiger partial charge is 0.264 e. The molecule has 0 unspecified atom stereocenters. The van der Waals surface area contributed by atoms with E-state index in [1.807, 2.05) is 36.9 Å². The molecule has 0 spiro atoms. The lowest BCUT2D eigenvalue weighted by molar-refractivity contribution is 1.04. The van der Waals surface area contributed by atoms with Gasteiger partial charge in [0.25, 0.3) is 0 Å². The fourth-order valence-corrected chi connectivity index (χ4v) is 6.03. The third-order valence-electron chi connectivity index (χ3n) is 8.11. The van der Waals surface area contributed by atoms with Crippen LogP contribution >= 0.6 is 0 Å². The van der Waals surface area contributed by atoms with E-state index in [0.717, 1.165) is 11.1 Å². The Balaban J connectivity index is 0.000000468. The highest BCUT2D eigenvalue weighted by Gasteiger charge is 2.18. The van der Waals surface area contributed by atoms with E-state index in [4.69, 9.17) is 0 Å². The maximum absolute atomic E-state index is 4.49. The summed E-state index contributed by atoms with van der Waals surface area (Å²) in [4.78, 5) is 8.98. The number of rotatable bonds is 4. The summed E-state index contributed by atoms with van der Waals surface area (Å²) in [5, 5.41) is 4.82. The highest BCUT2D eigenvalue weighted by atomic mass is 14.6. The lowest BCUT2D eigenvalue weighted by atomic mass is 9.84.